The van der Waals surface area contributed by atoms with E-state index in [9.17, 15) is 9.59 Å². The molecule has 1 aromatic carbocycles. The van der Waals surface area contributed by atoms with Crippen molar-refractivity contribution in [1.82, 2.24) is 4.37 Å². The van der Waals surface area contributed by atoms with E-state index >= 15 is 0 Å². The molecule has 0 saturated carbocycles. The zero-order chi connectivity index (χ0) is 15.6. The second kappa shape index (κ2) is 5.92. The Morgan fingerprint density at radius 2 is 2.05 bits per heavy atom. The van der Waals surface area contributed by atoms with Crippen LogP contribution in [0.3, 0.4) is 0 Å². The molecule has 0 fully saturated rings. The molecule has 6 nitrogen and oxygen atoms in total. The number of carboxylic acids is 1. The molecule has 2 N–H and O–H groups in total. The highest BCUT2D eigenvalue weighted by Crippen LogP contribution is 2.25. The average molecular weight is 305 g/mol. The fourth-order valence-electron chi connectivity index (χ4n) is 1.81. The molecule has 110 valence electrons. The molecule has 0 radical (unpaired) electrons. The van der Waals surface area contributed by atoms with E-state index < -0.39 is 5.97 Å². The van der Waals surface area contributed by atoms with Gasteiger partial charge in [-0.15, -0.1) is 0 Å². The van der Waals surface area contributed by atoms with Crippen LogP contribution in [-0.2, 0) is 0 Å². The molecular weight excluding hydrogens is 290 g/mol. The maximum atomic E-state index is 12.2. The Bertz CT molecular complexity index is 695. The van der Waals surface area contributed by atoms with Crippen molar-refractivity contribution in [2.45, 2.75) is 6.92 Å². The SMILES string of the molecule is Cc1nsc(NC(=O)c2cccc(N(C)C)c2)c1C(=O)O. The largest absolute Gasteiger partial charge is 0.478 e. The van der Waals surface area contributed by atoms with Gasteiger partial charge in [-0.25, -0.2) is 4.79 Å². The standard InChI is InChI=1S/C14H15N3O3S/c1-8-11(14(19)20)13(21-16-8)15-12(18)9-5-4-6-10(7-9)17(2)3/h4-7H,1-3H3,(H,15,18)(H,19,20). The van der Waals surface area contributed by atoms with Crippen LogP contribution in [0, 0.1) is 6.92 Å². The summed E-state index contributed by atoms with van der Waals surface area (Å²) in [6, 6.07) is 7.08. The first-order chi connectivity index (χ1) is 9.90. The smallest absolute Gasteiger partial charge is 0.340 e. The number of amides is 1. The van der Waals surface area contributed by atoms with Gasteiger partial charge in [0.2, 0.25) is 0 Å². The molecular formula is C14H15N3O3S. The van der Waals surface area contributed by atoms with Crippen molar-refractivity contribution in [3.8, 4) is 0 Å². The van der Waals surface area contributed by atoms with E-state index in [1.807, 2.05) is 25.1 Å². The van der Waals surface area contributed by atoms with Gasteiger partial charge >= 0.3 is 5.97 Å². The number of rotatable bonds is 4. The second-order valence-corrected chi connectivity index (χ2v) is 5.45. The van der Waals surface area contributed by atoms with E-state index in [0.717, 1.165) is 17.2 Å². The summed E-state index contributed by atoms with van der Waals surface area (Å²) in [6.07, 6.45) is 0. The number of hydrogen-bond acceptors (Lipinski definition) is 5. The third-order valence-corrected chi connectivity index (χ3v) is 3.78. The lowest BCUT2D eigenvalue weighted by molar-refractivity contribution is 0.0697. The Hall–Kier alpha value is -2.41. The number of nitrogens with one attached hydrogen (secondary N) is 1. The van der Waals surface area contributed by atoms with E-state index in [-0.39, 0.29) is 16.5 Å². The quantitative estimate of drug-likeness (QED) is 0.906. The van der Waals surface area contributed by atoms with Crippen LogP contribution < -0.4 is 10.2 Å². The second-order valence-electron chi connectivity index (χ2n) is 4.68. The number of carboxylic acid groups (broad SMARTS) is 1. The molecule has 0 saturated heterocycles. The summed E-state index contributed by atoms with van der Waals surface area (Å²) in [7, 11) is 3.76. The third kappa shape index (κ3) is 3.19. The lowest BCUT2D eigenvalue weighted by Gasteiger charge is -2.13. The lowest BCUT2D eigenvalue weighted by Crippen LogP contribution is -2.15. The van der Waals surface area contributed by atoms with Gasteiger partial charge in [-0.05, 0) is 36.7 Å². The van der Waals surface area contributed by atoms with Crippen molar-refractivity contribution in [2.24, 2.45) is 0 Å². The van der Waals surface area contributed by atoms with Gasteiger partial charge in [-0.3, -0.25) is 4.79 Å². The number of aromatic carboxylic acids is 1. The van der Waals surface area contributed by atoms with E-state index in [1.165, 1.54) is 0 Å². The average Bonchev–Trinajstić information content (AvgIpc) is 2.79. The molecule has 21 heavy (non-hydrogen) atoms. The van der Waals surface area contributed by atoms with Gasteiger partial charge in [0.05, 0.1) is 5.69 Å². The van der Waals surface area contributed by atoms with Crippen molar-refractivity contribution in [3.63, 3.8) is 0 Å². The third-order valence-electron chi connectivity index (χ3n) is 2.93. The van der Waals surface area contributed by atoms with Crippen molar-refractivity contribution in [3.05, 3.63) is 41.1 Å². The molecule has 2 aromatic rings. The summed E-state index contributed by atoms with van der Waals surface area (Å²) in [5.41, 5.74) is 1.78. The first-order valence-corrected chi connectivity index (χ1v) is 6.95. The topological polar surface area (TPSA) is 82.5 Å². The van der Waals surface area contributed by atoms with Crippen LogP contribution in [0.1, 0.15) is 26.4 Å². The fraction of sp³-hybridized carbons (Fsp3) is 0.214. The first kappa shape index (κ1) is 15.0. The van der Waals surface area contributed by atoms with Gasteiger partial charge < -0.3 is 15.3 Å². The minimum Gasteiger partial charge on any atom is -0.478 e. The van der Waals surface area contributed by atoms with Crippen molar-refractivity contribution >= 4 is 34.1 Å². The molecule has 7 heteroatoms. The van der Waals surface area contributed by atoms with Gasteiger partial charge in [0.15, 0.2) is 0 Å². The lowest BCUT2D eigenvalue weighted by atomic mass is 10.1. The van der Waals surface area contributed by atoms with Crippen LogP contribution in [0.4, 0.5) is 10.7 Å². The monoisotopic (exact) mass is 305 g/mol. The van der Waals surface area contributed by atoms with Crippen LogP contribution in [0.2, 0.25) is 0 Å². The summed E-state index contributed by atoms with van der Waals surface area (Å²) in [4.78, 5) is 25.3. The number of carbonyl (C=O) groups is 2. The fourth-order valence-corrected chi connectivity index (χ4v) is 2.59. The molecule has 0 aliphatic carbocycles. The maximum Gasteiger partial charge on any atom is 0.340 e. The van der Waals surface area contributed by atoms with Gasteiger partial charge in [-0.1, -0.05) is 6.07 Å². The van der Waals surface area contributed by atoms with Crippen molar-refractivity contribution in [2.75, 3.05) is 24.3 Å². The molecule has 1 heterocycles. The number of nitrogens with zero attached hydrogens (tertiary/aromatic N) is 2. The molecule has 1 amide bonds. The van der Waals surface area contributed by atoms with Crippen LogP contribution >= 0.6 is 11.5 Å². The molecule has 0 aliphatic heterocycles. The highest BCUT2D eigenvalue weighted by molar-refractivity contribution is 7.11. The number of carbonyl (C=O) groups excluding carboxylic acids is 1. The predicted molar refractivity (Wildman–Crippen MR) is 82.5 cm³/mol. The summed E-state index contributed by atoms with van der Waals surface area (Å²) >= 11 is 0.965. The van der Waals surface area contributed by atoms with E-state index in [4.69, 9.17) is 5.11 Å². The minimum atomic E-state index is -1.10. The predicted octanol–water partition coefficient (Wildman–Crippen LogP) is 2.47. The number of benzene rings is 1. The Morgan fingerprint density at radius 1 is 1.33 bits per heavy atom. The highest BCUT2D eigenvalue weighted by atomic mass is 32.1. The summed E-state index contributed by atoms with van der Waals surface area (Å²) in [5, 5.41) is 12.0. The Labute approximate surface area is 126 Å². The van der Waals surface area contributed by atoms with Crippen LogP contribution in [-0.4, -0.2) is 35.5 Å². The van der Waals surface area contributed by atoms with Crippen molar-refractivity contribution in [1.29, 1.82) is 0 Å². The Kier molecular flexibility index (Phi) is 4.23. The zero-order valence-corrected chi connectivity index (χ0v) is 12.7. The molecule has 1 aromatic heterocycles. The van der Waals surface area contributed by atoms with Crippen LogP contribution in [0.15, 0.2) is 24.3 Å². The van der Waals surface area contributed by atoms with Crippen LogP contribution in [0.25, 0.3) is 0 Å². The minimum absolute atomic E-state index is 0.0390. The van der Waals surface area contributed by atoms with E-state index in [2.05, 4.69) is 9.69 Å². The van der Waals surface area contributed by atoms with Gasteiger partial charge in [0.1, 0.15) is 10.6 Å². The van der Waals surface area contributed by atoms with Gasteiger partial charge in [0.25, 0.3) is 5.91 Å². The molecule has 0 bridgehead atoms. The number of aromatic nitrogens is 1. The normalized spacial score (nSPS) is 10.2. The highest BCUT2D eigenvalue weighted by Gasteiger charge is 2.19. The summed E-state index contributed by atoms with van der Waals surface area (Å²) in [6.45, 7) is 1.60. The number of aryl methyl sites for hydroxylation is 1. The number of anilines is 2. The Morgan fingerprint density at radius 3 is 2.67 bits per heavy atom. The number of hydrogen-bond donors (Lipinski definition) is 2. The molecule has 0 aliphatic rings. The molecule has 0 atom stereocenters. The maximum absolute atomic E-state index is 12.2. The van der Waals surface area contributed by atoms with Crippen LogP contribution in [0.5, 0.6) is 0 Å². The molecule has 0 spiro atoms. The van der Waals surface area contributed by atoms with Gasteiger partial charge in [-0.2, -0.15) is 4.37 Å². The molecule has 2 rings (SSSR count). The zero-order valence-electron chi connectivity index (χ0n) is 11.9. The summed E-state index contributed by atoms with van der Waals surface area (Å²) < 4.78 is 3.97. The van der Waals surface area contributed by atoms with E-state index in [0.29, 0.717) is 11.3 Å². The van der Waals surface area contributed by atoms with E-state index in [1.54, 1.807) is 25.1 Å². The summed E-state index contributed by atoms with van der Waals surface area (Å²) in [5.74, 6) is -1.46. The first-order valence-electron chi connectivity index (χ1n) is 6.18. The molecule has 0 unspecified atom stereocenters. The Balaban J connectivity index is 2.26. The van der Waals surface area contributed by atoms with Gasteiger partial charge in [0, 0.05) is 25.3 Å². The van der Waals surface area contributed by atoms with Crippen molar-refractivity contribution < 1.29 is 14.7 Å².